The predicted octanol–water partition coefficient (Wildman–Crippen LogP) is 6.52. The lowest BCUT2D eigenvalue weighted by molar-refractivity contribution is 0.298. The van der Waals surface area contributed by atoms with Crippen LogP contribution in [0.1, 0.15) is 29.7 Å². The van der Waals surface area contributed by atoms with E-state index in [0.717, 1.165) is 34.0 Å². The SMILES string of the molecule is COc1ccc(CN(Cc2ccc(OC)cc2)c2ncccc2[C@@H](C)NCCOc2nc(Cl)c(F)c3nc(Cl)nc(O)c23)cc1. The van der Waals surface area contributed by atoms with E-state index < -0.39 is 16.9 Å². The topological polar surface area (TPSA) is 115 Å². The van der Waals surface area contributed by atoms with Gasteiger partial charge in [-0.2, -0.15) is 9.97 Å². The molecule has 3 heterocycles. The zero-order valence-corrected chi connectivity index (χ0v) is 26.3. The molecule has 2 aromatic carbocycles. The number of hydrogen-bond acceptors (Lipinski definition) is 10. The summed E-state index contributed by atoms with van der Waals surface area (Å²) in [6, 6.07) is 19.7. The number of rotatable bonds is 13. The van der Waals surface area contributed by atoms with Crippen LogP contribution in [0.4, 0.5) is 10.2 Å². The van der Waals surface area contributed by atoms with Gasteiger partial charge in [0.2, 0.25) is 17.0 Å². The Kier molecular flexibility index (Phi) is 10.3. The smallest absolute Gasteiger partial charge is 0.230 e. The number of benzene rings is 2. The molecule has 0 aliphatic heterocycles. The van der Waals surface area contributed by atoms with E-state index in [1.807, 2.05) is 67.6 Å². The predicted molar refractivity (Wildman–Crippen MR) is 171 cm³/mol. The maximum absolute atomic E-state index is 14.5. The van der Waals surface area contributed by atoms with Gasteiger partial charge in [0.15, 0.2) is 11.0 Å². The Bertz CT molecular complexity index is 1710. The van der Waals surface area contributed by atoms with Crippen molar-refractivity contribution in [3.8, 4) is 23.3 Å². The normalized spacial score (nSPS) is 11.8. The van der Waals surface area contributed by atoms with Gasteiger partial charge >= 0.3 is 0 Å². The molecule has 5 rings (SSSR count). The van der Waals surface area contributed by atoms with Crippen molar-refractivity contribution >= 4 is 39.9 Å². The fourth-order valence-electron chi connectivity index (χ4n) is 4.83. The van der Waals surface area contributed by atoms with Crippen molar-refractivity contribution in [1.29, 1.82) is 0 Å². The summed E-state index contributed by atoms with van der Waals surface area (Å²) in [6.07, 6.45) is 1.78. The first-order chi connectivity index (χ1) is 21.8. The Hall–Kier alpha value is -4.45. The van der Waals surface area contributed by atoms with E-state index in [1.54, 1.807) is 20.4 Å². The zero-order valence-electron chi connectivity index (χ0n) is 24.8. The third kappa shape index (κ3) is 7.62. The van der Waals surface area contributed by atoms with Crippen LogP contribution in [-0.2, 0) is 13.1 Å². The van der Waals surface area contributed by atoms with Crippen LogP contribution in [0.15, 0.2) is 66.9 Å². The molecule has 0 radical (unpaired) electrons. The molecule has 0 aliphatic rings. The van der Waals surface area contributed by atoms with Crippen LogP contribution in [0.2, 0.25) is 10.4 Å². The zero-order chi connectivity index (χ0) is 31.9. The molecule has 13 heteroatoms. The quantitative estimate of drug-likeness (QED) is 0.0827. The molecule has 10 nitrogen and oxygen atoms in total. The van der Waals surface area contributed by atoms with Crippen LogP contribution in [0.3, 0.4) is 0 Å². The van der Waals surface area contributed by atoms with E-state index in [2.05, 4.69) is 25.2 Å². The minimum absolute atomic E-state index is 0.104. The van der Waals surface area contributed by atoms with Gasteiger partial charge in [-0.05, 0) is 60.0 Å². The lowest BCUT2D eigenvalue weighted by Crippen LogP contribution is -2.29. The van der Waals surface area contributed by atoms with E-state index in [0.29, 0.717) is 19.6 Å². The van der Waals surface area contributed by atoms with Gasteiger partial charge in [0.25, 0.3) is 0 Å². The van der Waals surface area contributed by atoms with Gasteiger partial charge in [0.1, 0.15) is 34.8 Å². The molecule has 3 aromatic heterocycles. The Morgan fingerprint density at radius 3 is 2.13 bits per heavy atom. The van der Waals surface area contributed by atoms with E-state index in [9.17, 15) is 9.50 Å². The first-order valence-electron chi connectivity index (χ1n) is 14.0. The highest BCUT2D eigenvalue weighted by Gasteiger charge is 2.21. The summed E-state index contributed by atoms with van der Waals surface area (Å²) >= 11 is 11.7. The van der Waals surface area contributed by atoms with Crippen molar-refractivity contribution in [2.45, 2.75) is 26.1 Å². The summed E-state index contributed by atoms with van der Waals surface area (Å²) in [5.74, 6) is 0.809. The van der Waals surface area contributed by atoms with E-state index in [1.165, 1.54) is 0 Å². The van der Waals surface area contributed by atoms with Gasteiger partial charge in [-0.25, -0.2) is 14.4 Å². The number of nitrogens with zero attached hydrogens (tertiary/aromatic N) is 5. The lowest BCUT2D eigenvalue weighted by Gasteiger charge is -2.28. The largest absolute Gasteiger partial charge is 0.497 e. The number of methoxy groups -OCH3 is 2. The molecule has 0 spiro atoms. The number of aromatic nitrogens is 4. The average molecular weight is 654 g/mol. The molecule has 45 heavy (non-hydrogen) atoms. The van der Waals surface area contributed by atoms with Crippen LogP contribution in [0, 0.1) is 5.82 Å². The maximum Gasteiger partial charge on any atom is 0.230 e. The molecule has 0 saturated carbocycles. The molecule has 0 saturated heterocycles. The monoisotopic (exact) mass is 652 g/mol. The van der Waals surface area contributed by atoms with Gasteiger partial charge in [0, 0.05) is 37.4 Å². The van der Waals surface area contributed by atoms with Crippen LogP contribution in [0.25, 0.3) is 10.9 Å². The highest BCUT2D eigenvalue weighted by Crippen LogP contribution is 2.35. The number of aromatic hydroxyl groups is 1. The van der Waals surface area contributed by atoms with Crippen LogP contribution >= 0.6 is 23.2 Å². The van der Waals surface area contributed by atoms with Gasteiger partial charge in [-0.1, -0.05) is 41.9 Å². The molecule has 2 N–H and O–H groups in total. The lowest BCUT2D eigenvalue weighted by atomic mass is 10.1. The second-order valence-electron chi connectivity index (χ2n) is 10.1. The van der Waals surface area contributed by atoms with E-state index >= 15 is 0 Å². The molecule has 0 bridgehead atoms. The van der Waals surface area contributed by atoms with Crippen LogP contribution < -0.4 is 24.4 Å². The number of fused-ring (bicyclic) bond motifs is 1. The minimum atomic E-state index is -0.927. The summed E-state index contributed by atoms with van der Waals surface area (Å²) in [6.45, 7) is 3.74. The van der Waals surface area contributed by atoms with Crippen molar-refractivity contribution in [3.63, 3.8) is 0 Å². The third-order valence-corrected chi connectivity index (χ3v) is 7.52. The van der Waals surface area contributed by atoms with Crippen molar-refractivity contribution < 1.29 is 23.7 Å². The summed E-state index contributed by atoms with van der Waals surface area (Å²) in [7, 11) is 3.29. The summed E-state index contributed by atoms with van der Waals surface area (Å²) in [4.78, 5) is 18.5. The third-order valence-electron chi connectivity index (χ3n) is 7.10. The molecule has 0 unspecified atom stereocenters. The van der Waals surface area contributed by atoms with Crippen molar-refractivity contribution in [1.82, 2.24) is 25.3 Å². The second kappa shape index (κ2) is 14.6. The first-order valence-corrected chi connectivity index (χ1v) is 14.8. The van der Waals surface area contributed by atoms with Crippen molar-refractivity contribution in [2.75, 3.05) is 32.3 Å². The van der Waals surface area contributed by atoms with Crippen LogP contribution in [-0.4, -0.2) is 52.4 Å². The molecule has 1 atom stereocenters. The minimum Gasteiger partial charge on any atom is -0.497 e. The number of pyridine rings is 2. The van der Waals surface area contributed by atoms with Gasteiger partial charge in [-0.15, -0.1) is 0 Å². The number of hydrogen-bond donors (Lipinski definition) is 2. The Balaban J connectivity index is 1.33. The summed E-state index contributed by atoms with van der Waals surface area (Å²) < 4.78 is 31.0. The number of nitrogens with one attached hydrogen (secondary N) is 1. The Morgan fingerprint density at radius 2 is 1.53 bits per heavy atom. The molecule has 234 valence electrons. The highest BCUT2D eigenvalue weighted by atomic mass is 35.5. The standard InChI is InChI=1S/C32H31Cl2FN6O4/c1-19(36-15-16-45-31-25-27(26(35)28(33)39-31)38-32(34)40-30(25)42)24-5-4-14-37-29(24)41(17-20-6-10-22(43-2)11-7-20)18-21-8-12-23(44-3)13-9-21/h4-14,19,36H,15-18H2,1-3H3,(H,38,40,42)/t19-/m1/s1. The fraction of sp³-hybridized carbons (Fsp3) is 0.250. The number of halogens is 3. The molecular weight excluding hydrogens is 622 g/mol. The number of anilines is 1. The summed E-state index contributed by atoms with van der Waals surface area (Å²) in [5.41, 5.74) is 2.90. The second-order valence-corrected chi connectivity index (χ2v) is 10.8. The van der Waals surface area contributed by atoms with E-state index in [4.69, 9.17) is 42.4 Å². The molecule has 0 amide bonds. The molecular formula is C32H31Cl2FN6O4. The van der Waals surface area contributed by atoms with Gasteiger partial charge in [-0.3, -0.25) is 0 Å². The summed E-state index contributed by atoms with van der Waals surface area (Å²) in [5, 5.41) is 12.8. The number of ether oxygens (including phenoxy) is 3. The molecule has 5 aromatic rings. The Labute approximate surface area is 269 Å². The Morgan fingerprint density at radius 1 is 0.911 bits per heavy atom. The maximum atomic E-state index is 14.5. The van der Waals surface area contributed by atoms with Crippen LogP contribution in [0.5, 0.6) is 23.3 Å². The first kappa shape index (κ1) is 32.0. The van der Waals surface area contributed by atoms with Gasteiger partial charge < -0.3 is 29.5 Å². The van der Waals surface area contributed by atoms with Gasteiger partial charge in [0.05, 0.1) is 14.2 Å². The fourth-order valence-corrected chi connectivity index (χ4v) is 5.16. The molecule has 0 aliphatic carbocycles. The average Bonchev–Trinajstić information content (AvgIpc) is 3.05. The molecule has 0 fully saturated rings. The van der Waals surface area contributed by atoms with Crippen molar-refractivity contribution in [3.05, 3.63) is 99.8 Å². The van der Waals surface area contributed by atoms with Crippen molar-refractivity contribution in [2.24, 2.45) is 0 Å². The highest BCUT2D eigenvalue weighted by molar-refractivity contribution is 6.31. The van der Waals surface area contributed by atoms with E-state index in [-0.39, 0.29) is 34.7 Å².